The van der Waals surface area contributed by atoms with Crippen LogP contribution < -0.4 is 5.73 Å². The molecule has 0 spiro atoms. The zero-order valence-electron chi connectivity index (χ0n) is 11.9. The van der Waals surface area contributed by atoms with E-state index in [1.54, 1.807) is 0 Å². The van der Waals surface area contributed by atoms with Crippen LogP contribution in [0.4, 0.5) is 0 Å². The standard InChI is InChI=1S/C15H30N2O/c1-18-12-13-6-5-9-17(10-13)11-14-7-3-2-4-8-15(14)16/h13-15H,2-12,16H2,1H3. The third-order valence-electron chi connectivity index (χ3n) is 4.72. The first-order valence-corrected chi connectivity index (χ1v) is 7.76. The highest BCUT2D eigenvalue weighted by Crippen LogP contribution is 2.25. The molecule has 106 valence electrons. The molecule has 0 amide bonds. The molecule has 0 aromatic carbocycles. The summed E-state index contributed by atoms with van der Waals surface area (Å²) in [6, 6.07) is 0.440. The second-order valence-electron chi connectivity index (χ2n) is 6.29. The monoisotopic (exact) mass is 254 g/mol. The molecular formula is C15H30N2O. The van der Waals surface area contributed by atoms with Gasteiger partial charge in [0.25, 0.3) is 0 Å². The summed E-state index contributed by atoms with van der Waals surface area (Å²) in [6.07, 6.45) is 9.35. The van der Waals surface area contributed by atoms with Gasteiger partial charge in [0.15, 0.2) is 0 Å². The normalized spacial score (nSPS) is 35.3. The van der Waals surface area contributed by atoms with E-state index in [1.807, 2.05) is 7.11 Å². The van der Waals surface area contributed by atoms with Crippen molar-refractivity contribution >= 4 is 0 Å². The van der Waals surface area contributed by atoms with Crippen LogP contribution in [0.2, 0.25) is 0 Å². The van der Waals surface area contributed by atoms with Crippen LogP contribution in [-0.4, -0.2) is 44.3 Å². The zero-order chi connectivity index (χ0) is 12.8. The molecule has 3 atom stereocenters. The number of likely N-dealkylation sites (tertiary alicyclic amines) is 1. The second-order valence-corrected chi connectivity index (χ2v) is 6.29. The molecule has 1 saturated carbocycles. The van der Waals surface area contributed by atoms with Gasteiger partial charge in [-0.1, -0.05) is 19.3 Å². The smallest absolute Gasteiger partial charge is 0.0502 e. The van der Waals surface area contributed by atoms with E-state index < -0.39 is 0 Å². The summed E-state index contributed by atoms with van der Waals surface area (Å²) in [5, 5.41) is 0. The number of rotatable bonds is 4. The summed E-state index contributed by atoms with van der Waals surface area (Å²) in [7, 11) is 1.82. The first-order valence-electron chi connectivity index (χ1n) is 7.76. The van der Waals surface area contributed by atoms with Gasteiger partial charge in [-0.05, 0) is 44.1 Å². The predicted octanol–water partition coefficient (Wildman–Crippen LogP) is 2.25. The second kappa shape index (κ2) is 7.46. The number of ether oxygens (including phenoxy) is 1. The maximum absolute atomic E-state index is 6.34. The highest BCUT2D eigenvalue weighted by Gasteiger charge is 2.26. The molecule has 3 unspecified atom stereocenters. The SMILES string of the molecule is COCC1CCCN(CC2CCCCCC2N)C1. The summed E-state index contributed by atoms with van der Waals surface area (Å²) in [4.78, 5) is 2.64. The fraction of sp³-hybridized carbons (Fsp3) is 1.00. The van der Waals surface area contributed by atoms with Crippen molar-refractivity contribution in [2.75, 3.05) is 33.4 Å². The van der Waals surface area contributed by atoms with Crippen molar-refractivity contribution in [3.63, 3.8) is 0 Å². The summed E-state index contributed by atoms with van der Waals surface area (Å²) in [6.45, 7) is 4.63. The lowest BCUT2D eigenvalue weighted by Crippen LogP contribution is -2.43. The third-order valence-corrected chi connectivity index (χ3v) is 4.72. The van der Waals surface area contributed by atoms with Gasteiger partial charge in [-0.15, -0.1) is 0 Å². The molecule has 18 heavy (non-hydrogen) atoms. The largest absolute Gasteiger partial charge is 0.384 e. The fourth-order valence-electron chi connectivity index (χ4n) is 3.66. The van der Waals surface area contributed by atoms with Crippen molar-refractivity contribution < 1.29 is 4.74 Å². The average Bonchev–Trinajstić information content (AvgIpc) is 2.56. The molecule has 3 nitrogen and oxygen atoms in total. The lowest BCUT2D eigenvalue weighted by Gasteiger charge is -2.36. The van der Waals surface area contributed by atoms with Gasteiger partial charge >= 0.3 is 0 Å². The van der Waals surface area contributed by atoms with Crippen molar-refractivity contribution in [2.45, 2.75) is 51.0 Å². The lowest BCUT2D eigenvalue weighted by atomic mass is 9.92. The van der Waals surface area contributed by atoms with E-state index >= 15 is 0 Å². The van der Waals surface area contributed by atoms with Gasteiger partial charge in [0.1, 0.15) is 0 Å². The third kappa shape index (κ3) is 4.22. The Bertz CT molecular complexity index is 233. The van der Waals surface area contributed by atoms with Crippen molar-refractivity contribution in [3.05, 3.63) is 0 Å². The Morgan fingerprint density at radius 2 is 1.94 bits per heavy atom. The maximum atomic E-state index is 6.34. The molecular weight excluding hydrogens is 224 g/mol. The summed E-state index contributed by atoms with van der Waals surface area (Å²) < 4.78 is 5.31. The Hall–Kier alpha value is -0.120. The molecule has 2 fully saturated rings. The van der Waals surface area contributed by atoms with Crippen LogP contribution in [0.15, 0.2) is 0 Å². The minimum absolute atomic E-state index is 0.440. The van der Waals surface area contributed by atoms with E-state index in [9.17, 15) is 0 Å². The zero-order valence-corrected chi connectivity index (χ0v) is 11.9. The van der Waals surface area contributed by atoms with Gasteiger partial charge in [-0.2, -0.15) is 0 Å². The van der Waals surface area contributed by atoms with Gasteiger partial charge < -0.3 is 15.4 Å². The number of piperidine rings is 1. The van der Waals surface area contributed by atoms with Gasteiger partial charge in [0.05, 0.1) is 6.61 Å². The van der Waals surface area contributed by atoms with E-state index in [4.69, 9.17) is 10.5 Å². The first kappa shape index (κ1) is 14.3. The van der Waals surface area contributed by atoms with Crippen LogP contribution in [0.1, 0.15) is 44.9 Å². The van der Waals surface area contributed by atoms with Crippen LogP contribution in [0.25, 0.3) is 0 Å². The van der Waals surface area contributed by atoms with Crippen molar-refractivity contribution in [1.82, 2.24) is 4.90 Å². The summed E-state index contributed by atoms with van der Waals surface area (Å²) in [5.41, 5.74) is 6.34. The van der Waals surface area contributed by atoms with E-state index in [-0.39, 0.29) is 0 Å². The topological polar surface area (TPSA) is 38.5 Å². The van der Waals surface area contributed by atoms with Crippen molar-refractivity contribution in [2.24, 2.45) is 17.6 Å². The van der Waals surface area contributed by atoms with Gasteiger partial charge in [0.2, 0.25) is 0 Å². The highest BCUT2D eigenvalue weighted by molar-refractivity contribution is 4.81. The minimum Gasteiger partial charge on any atom is -0.384 e. The summed E-state index contributed by atoms with van der Waals surface area (Å²) >= 11 is 0. The van der Waals surface area contributed by atoms with Gasteiger partial charge in [-0.25, -0.2) is 0 Å². The van der Waals surface area contributed by atoms with E-state index in [1.165, 1.54) is 64.6 Å². The fourth-order valence-corrected chi connectivity index (χ4v) is 3.66. The van der Waals surface area contributed by atoms with E-state index in [0.29, 0.717) is 6.04 Å². The Kier molecular flexibility index (Phi) is 5.93. The van der Waals surface area contributed by atoms with Crippen molar-refractivity contribution in [1.29, 1.82) is 0 Å². The number of methoxy groups -OCH3 is 1. The van der Waals surface area contributed by atoms with Crippen LogP contribution in [0.5, 0.6) is 0 Å². The number of nitrogens with zero attached hydrogens (tertiary/aromatic N) is 1. The molecule has 2 aliphatic rings. The van der Waals surface area contributed by atoms with Crippen LogP contribution in [-0.2, 0) is 4.74 Å². The molecule has 2 rings (SSSR count). The minimum atomic E-state index is 0.440. The van der Waals surface area contributed by atoms with Crippen LogP contribution >= 0.6 is 0 Å². The van der Waals surface area contributed by atoms with Gasteiger partial charge in [-0.3, -0.25) is 0 Å². The maximum Gasteiger partial charge on any atom is 0.0502 e. The van der Waals surface area contributed by atoms with E-state index in [0.717, 1.165) is 18.4 Å². The molecule has 0 radical (unpaired) electrons. The summed E-state index contributed by atoms with van der Waals surface area (Å²) in [5.74, 6) is 1.47. The lowest BCUT2D eigenvalue weighted by molar-refractivity contribution is 0.0792. The average molecular weight is 254 g/mol. The highest BCUT2D eigenvalue weighted by atomic mass is 16.5. The quantitative estimate of drug-likeness (QED) is 0.782. The first-order chi connectivity index (χ1) is 8.79. The van der Waals surface area contributed by atoms with Crippen molar-refractivity contribution in [3.8, 4) is 0 Å². The van der Waals surface area contributed by atoms with Gasteiger partial charge in [0, 0.05) is 26.2 Å². The molecule has 1 heterocycles. The molecule has 1 aliphatic carbocycles. The molecule has 3 heteroatoms. The number of hydrogen-bond acceptors (Lipinski definition) is 3. The molecule has 1 aliphatic heterocycles. The Labute approximate surface area is 112 Å². The molecule has 2 N–H and O–H groups in total. The predicted molar refractivity (Wildman–Crippen MR) is 75.6 cm³/mol. The Morgan fingerprint density at radius 1 is 1.11 bits per heavy atom. The van der Waals surface area contributed by atoms with E-state index in [2.05, 4.69) is 4.90 Å². The number of nitrogens with two attached hydrogens (primary N) is 1. The molecule has 0 aromatic rings. The molecule has 0 bridgehead atoms. The molecule has 0 aromatic heterocycles. The Morgan fingerprint density at radius 3 is 2.78 bits per heavy atom. The molecule has 1 saturated heterocycles. The van der Waals surface area contributed by atoms with Crippen LogP contribution in [0.3, 0.4) is 0 Å². The van der Waals surface area contributed by atoms with Crippen LogP contribution in [0, 0.1) is 11.8 Å². The number of hydrogen-bond donors (Lipinski definition) is 1. The Balaban J connectivity index is 1.80.